The fourth-order valence-corrected chi connectivity index (χ4v) is 4.83. The Bertz CT molecular complexity index is 1040. The Labute approximate surface area is 162 Å². The summed E-state index contributed by atoms with van der Waals surface area (Å²) in [6.07, 6.45) is 5.26. The molecule has 1 N–H and O–H groups in total. The molecule has 1 saturated heterocycles. The Kier molecular flexibility index (Phi) is 5.23. The molecule has 1 fully saturated rings. The first-order chi connectivity index (χ1) is 13.5. The smallest absolute Gasteiger partial charge is 0.234 e. The van der Waals surface area contributed by atoms with Gasteiger partial charge in [0.05, 0.1) is 26.0 Å². The zero-order chi connectivity index (χ0) is 19.6. The molecule has 1 atom stereocenters. The van der Waals surface area contributed by atoms with Crippen molar-refractivity contribution in [3.63, 3.8) is 0 Å². The summed E-state index contributed by atoms with van der Waals surface area (Å²) in [5.41, 5.74) is 1.35. The number of anilines is 1. The lowest BCUT2D eigenvalue weighted by atomic mass is 10.1. The van der Waals surface area contributed by atoms with E-state index in [1.165, 1.54) is 7.11 Å². The van der Waals surface area contributed by atoms with Crippen LogP contribution in [-0.4, -0.2) is 49.4 Å². The van der Waals surface area contributed by atoms with Crippen molar-refractivity contribution in [2.75, 3.05) is 30.8 Å². The van der Waals surface area contributed by atoms with Crippen LogP contribution in [0.1, 0.15) is 18.4 Å². The first-order valence-electron chi connectivity index (χ1n) is 9.06. The van der Waals surface area contributed by atoms with E-state index in [1.807, 2.05) is 18.3 Å². The zero-order valence-corrected chi connectivity index (χ0v) is 16.3. The molecule has 0 aliphatic carbocycles. The standard InChI is InChI=1S/C18H22N4O5S/c1-25-15-8-14(10-22-6-3-5-19-22)9-16-17(15)18(20-27-16)21-28(23,24)12-13-4-2-7-26-11-13/h3,5-6,8-9,13H,2,4,7,10-12H2,1H3,(H,20,21). The maximum atomic E-state index is 12.6. The van der Waals surface area contributed by atoms with Crippen LogP contribution in [0.5, 0.6) is 5.75 Å². The topological polar surface area (TPSA) is 108 Å². The van der Waals surface area contributed by atoms with Crippen molar-refractivity contribution in [1.82, 2.24) is 14.9 Å². The highest BCUT2D eigenvalue weighted by molar-refractivity contribution is 7.92. The largest absolute Gasteiger partial charge is 0.496 e. The predicted octanol–water partition coefficient (Wildman–Crippen LogP) is 2.25. The second-order valence-corrected chi connectivity index (χ2v) is 8.64. The number of benzene rings is 1. The molecule has 0 saturated carbocycles. The maximum absolute atomic E-state index is 12.6. The minimum Gasteiger partial charge on any atom is -0.496 e. The van der Waals surface area contributed by atoms with Crippen molar-refractivity contribution < 1.29 is 22.4 Å². The highest BCUT2D eigenvalue weighted by Gasteiger charge is 2.25. The summed E-state index contributed by atoms with van der Waals surface area (Å²) in [5, 5.41) is 8.60. The summed E-state index contributed by atoms with van der Waals surface area (Å²) < 4.78 is 45.7. The lowest BCUT2D eigenvalue weighted by Crippen LogP contribution is -2.28. The van der Waals surface area contributed by atoms with Crippen LogP contribution in [0, 0.1) is 5.92 Å². The number of rotatable bonds is 7. The molecule has 10 heteroatoms. The number of fused-ring (bicyclic) bond motifs is 1. The summed E-state index contributed by atoms with van der Waals surface area (Å²) in [6, 6.07) is 5.47. The quantitative estimate of drug-likeness (QED) is 0.641. The molecule has 0 radical (unpaired) electrons. The molecule has 9 nitrogen and oxygen atoms in total. The number of ether oxygens (including phenoxy) is 2. The summed E-state index contributed by atoms with van der Waals surface area (Å²) in [4.78, 5) is 0. The second kappa shape index (κ2) is 7.80. The van der Waals surface area contributed by atoms with Crippen LogP contribution >= 0.6 is 0 Å². The molecule has 0 bridgehead atoms. The average Bonchev–Trinajstić information content (AvgIpc) is 3.31. The van der Waals surface area contributed by atoms with Crippen molar-refractivity contribution in [2.24, 2.45) is 5.92 Å². The van der Waals surface area contributed by atoms with E-state index in [0.717, 1.165) is 18.4 Å². The van der Waals surface area contributed by atoms with E-state index in [0.29, 0.717) is 36.5 Å². The molecule has 1 aromatic carbocycles. The van der Waals surface area contributed by atoms with Crippen LogP contribution in [0.3, 0.4) is 0 Å². The van der Waals surface area contributed by atoms with E-state index in [4.69, 9.17) is 14.0 Å². The molecule has 4 rings (SSSR count). The molecule has 1 aliphatic rings. The Hall–Kier alpha value is -2.59. The van der Waals surface area contributed by atoms with Gasteiger partial charge < -0.3 is 14.0 Å². The van der Waals surface area contributed by atoms with Gasteiger partial charge in [-0.2, -0.15) is 5.10 Å². The highest BCUT2D eigenvalue weighted by atomic mass is 32.2. The molecule has 1 unspecified atom stereocenters. The van der Waals surface area contributed by atoms with E-state index in [-0.39, 0.29) is 17.5 Å². The van der Waals surface area contributed by atoms with Gasteiger partial charge >= 0.3 is 0 Å². The van der Waals surface area contributed by atoms with Gasteiger partial charge in [0.25, 0.3) is 0 Å². The number of hydrogen-bond donors (Lipinski definition) is 1. The van der Waals surface area contributed by atoms with Gasteiger partial charge in [0.15, 0.2) is 11.4 Å². The van der Waals surface area contributed by atoms with Crippen LogP contribution < -0.4 is 9.46 Å². The minimum atomic E-state index is -3.59. The first kappa shape index (κ1) is 18.8. The van der Waals surface area contributed by atoms with Crippen molar-refractivity contribution in [1.29, 1.82) is 0 Å². The lowest BCUT2D eigenvalue weighted by molar-refractivity contribution is 0.0626. The van der Waals surface area contributed by atoms with Gasteiger partial charge in [-0.15, -0.1) is 0 Å². The Morgan fingerprint density at radius 3 is 3.00 bits per heavy atom. The third-order valence-electron chi connectivity index (χ3n) is 4.68. The minimum absolute atomic E-state index is 0.0128. The summed E-state index contributed by atoms with van der Waals surface area (Å²) in [7, 11) is -2.07. The first-order valence-corrected chi connectivity index (χ1v) is 10.7. The Balaban J connectivity index is 1.59. The molecule has 3 aromatic rings. The number of nitrogens with one attached hydrogen (secondary N) is 1. The number of methoxy groups -OCH3 is 1. The zero-order valence-electron chi connectivity index (χ0n) is 15.5. The van der Waals surface area contributed by atoms with E-state index in [9.17, 15) is 8.42 Å². The van der Waals surface area contributed by atoms with Crippen LogP contribution in [0.4, 0.5) is 5.82 Å². The number of nitrogens with zero attached hydrogens (tertiary/aromatic N) is 3. The second-order valence-electron chi connectivity index (χ2n) is 6.87. The van der Waals surface area contributed by atoms with Gasteiger partial charge in [-0.3, -0.25) is 9.40 Å². The van der Waals surface area contributed by atoms with Crippen LogP contribution in [0.15, 0.2) is 35.1 Å². The number of aromatic nitrogens is 3. The monoisotopic (exact) mass is 406 g/mol. The third kappa shape index (κ3) is 4.12. The van der Waals surface area contributed by atoms with E-state index in [2.05, 4.69) is 15.0 Å². The Morgan fingerprint density at radius 2 is 2.29 bits per heavy atom. The van der Waals surface area contributed by atoms with Gasteiger partial charge in [0.2, 0.25) is 10.0 Å². The maximum Gasteiger partial charge on any atom is 0.234 e. The summed E-state index contributed by atoms with van der Waals surface area (Å²) in [5.74, 6) is 0.585. The molecule has 150 valence electrons. The van der Waals surface area contributed by atoms with Gasteiger partial charge in [0, 0.05) is 19.0 Å². The third-order valence-corrected chi connectivity index (χ3v) is 6.10. The Morgan fingerprint density at radius 1 is 1.39 bits per heavy atom. The lowest BCUT2D eigenvalue weighted by Gasteiger charge is -2.21. The van der Waals surface area contributed by atoms with Crippen LogP contribution in [0.25, 0.3) is 11.0 Å². The van der Waals surface area contributed by atoms with Crippen molar-refractivity contribution in [2.45, 2.75) is 19.4 Å². The van der Waals surface area contributed by atoms with Gasteiger partial charge in [0.1, 0.15) is 11.1 Å². The molecule has 28 heavy (non-hydrogen) atoms. The molecular weight excluding hydrogens is 384 g/mol. The predicted molar refractivity (Wildman–Crippen MR) is 103 cm³/mol. The van der Waals surface area contributed by atoms with Crippen molar-refractivity contribution in [3.05, 3.63) is 36.2 Å². The van der Waals surface area contributed by atoms with Gasteiger partial charge in [-0.05, 0) is 42.5 Å². The number of hydrogen-bond acceptors (Lipinski definition) is 7. The average molecular weight is 406 g/mol. The molecule has 0 amide bonds. The van der Waals surface area contributed by atoms with Crippen LogP contribution in [-0.2, 0) is 21.3 Å². The summed E-state index contributed by atoms with van der Waals surface area (Å²) >= 11 is 0. The molecular formula is C18H22N4O5S. The van der Waals surface area contributed by atoms with E-state index in [1.54, 1.807) is 16.9 Å². The molecule has 0 spiro atoms. The van der Waals surface area contributed by atoms with E-state index >= 15 is 0 Å². The van der Waals surface area contributed by atoms with Gasteiger partial charge in [-0.25, -0.2) is 8.42 Å². The van der Waals surface area contributed by atoms with Crippen molar-refractivity contribution >= 4 is 26.8 Å². The number of sulfonamides is 1. The summed E-state index contributed by atoms with van der Waals surface area (Å²) in [6.45, 7) is 1.68. The van der Waals surface area contributed by atoms with E-state index < -0.39 is 10.0 Å². The molecule has 2 aromatic heterocycles. The SMILES string of the molecule is COc1cc(Cn2cccn2)cc2onc(NS(=O)(=O)CC3CCCOC3)c12. The highest BCUT2D eigenvalue weighted by Crippen LogP contribution is 2.34. The van der Waals surface area contributed by atoms with Crippen molar-refractivity contribution in [3.8, 4) is 5.75 Å². The molecule has 1 aliphatic heterocycles. The van der Waals surface area contributed by atoms with Crippen LogP contribution in [0.2, 0.25) is 0 Å². The van der Waals surface area contributed by atoms with Gasteiger partial charge in [-0.1, -0.05) is 5.16 Å². The molecule has 3 heterocycles. The fraction of sp³-hybridized carbons (Fsp3) is 0.444. The normalized spacial score (nSPS) is 17.7. The fourth-order valence-electron chi connectivity index (χ4n) is 3.43.